The molecule has 2 rings (SSSR count). The van der Waals surface area contributed by atoms with Gasteiger partial charge in [-0.05, 0) is 0 Å². The number of anilines is 1. The van der Waals surface area contributed by atoms with Crippen molar-refractivity contribution in [2.45, 2.75) is 0 Å². The second kappa shape index (κ2) is 5.04. The summed E-state index contributed by atoms with van der Waals surface area (Å²) in [4.78, 5) is 13.0. The third-order valence-corrected chi connectivity index (χ3v) is 2.69. The van der Waals surface area contributed by atoms with Gasteiger partial charge in [0.25, 0.3) is 0 Å². The Hall–Kier alpha value is -1.20. The highest BCUT2D eigenvalue weighted by Crippen LogP contribution is 2.10. The van der Waals surface area contributed by atoms with Crippen LogP contribution in [0.15, 0.2) is 18.6 Å². The Bertz CT molecular complexity index is 281. The Morgan fingerprint density at radius 1 is 1.20 bits per heavy atom. The van der Waals surface area contributed by atoms with Crippen LogP contribution in [-0.4, -0.2) is 54.1 Å². The monoisotopic (exact) mass is 207 g/mol. The average molecular weight is 207 g/mol. The lowest BCUT2D eigenvalue weighted by Crippen LogP contribution is -2.48. The minimum atomic E-state index is 0.741. The second-order valence-electron chi connectivity index (χ2n) is 3.68. The van der Waals surface area contributed by atoms with Crippen LogP contribution in [0.25, 0.3) is 0 Å². The molecule has 0 aliphatic carbocycles. The van der Waals surface area contributed by atoms with Gasteiger partial charge in [-0.3, -0.25) is 9.88 Å². The first-order valence-electron chi connectivity index (χ1n) is 5.33. The molecule has 0 unspecified atom stereocenters. The summed E-state index contributed by atoms with van der Waals surface area (Å²) in [7, 11) is 0. The summed E-state index contributed by atoms with van der Waals surface area (Å²) in [5.74, 6) is 0.977. The zero-order valence-electron chi connectivity index (χ0n) is 8.84. The Kier molecular flexibility index (Phi) is 3.47. The molecule has 0 spiro atoms. The number of hydrogen-bond acceptors (Lipinski definition) is 5. The number of nitrogens with two attached hydrogens (primary N) is 1. The summed E-state index contributed by atoms with van der Waals surface area (Å²) in [5.41, 5.74) is 5.53. The van der Waals surface area contributed by atoms with Gasteiger partial charge in [0.15, 0.2) is 0 Å². The first kappa shape index (κ1) is 10.3. The Labute approximate surface area is 89.9 Å². The maximum Gasteiger partial charge on any atom is 0.147 e. The standard InChI is InChI=1S/C10H17N5/c11-1-4-14-5-7-15(8-6-14)10-9-12-2-3-13-10/h2-3,9H,1,4-8,11H2. The predicted molar refractivity (Wildman–Crippen MR) is 59.7 cm³/mol. The first-order valence-corrected chi connectivity index (χ1v) is 5.33. The van der Waals surface area contributed by atoms with Gasteiger partial charge in [-0.25, -0.2) is 4.98 Å². The summed E-state index contributed by atoms with van der Waals surface area (Å²) in [6.07, 6.45) is 5.26. The molecular formula is C10H17N5. The lowest BCUT2D eigenvalue weighted by Gasteiger charge is -2.34. The van der Waals surface area contributed by atoms with Crippen molar-refractivity contribution in [3.8, 4) is 0 Å². The third-order valence-electron chi connectivity index (χ3n) is 2.69. The van der Waals surface area contributed by atoms with Gasteiger partial charge in [0, 0.05) is 51.7 Å². The molecule has 1 fully saturated rings. The molecule has 2 N–H and O–H groups in total. The quantitative estimate of drug-likeness (QED) is 0.728. The molecular weight excluding hydrogens is 190 g/mol. The van der Waals surface area contributed by atoms with Crippen molar-refractivity contribution in [2.24, 2.45) is 5.73 Å². The van der Waals surface area contributed by atoms with Crippen LogP contribution in [0.2, 0.25) is 0 Å². The lowest BCUT2D eigenvalue weighted by molar-refractivity contribution is 0.264. The van der Waals surface area contributed by atoms with Crippen molar-refractivity contribution in [1.29, 1.82) is 0 Å². The van der Waals surface area contributed by atoms with Crippen LogP contribution < -0.4 is 10.6 Å². The van der Waals surface area contributed by atoms with Crippen LogP contribution >= 0.6 is 0 Å². The number of piperazine rings is 1. The fraction of sp³-hybridized carbons (Fsp3) is 0.600. The Morgan fingerprint density at radius 2 is 2.00 bits per heavy atom. The predicted octanol–water partition coefficient (Wildman–Crippen LogP) is -0.443. The molecule has 0 amide bonds. The Morgan fingerprint density at radius 3 is 2.60 bits per heavy atom. The summed E-state index contributed by atoms with van der Waals surface area (Å²) in [6.45, 7) is 5.89. The van der Waals surface area contributed by atoms with Gasteiger partial charge in [-0.2, -0.15) is 0 Å². The van der Waals surface area contributed by atoms with Crippen molar-refractivity contribution in [3.63, 3.8) is 0 Å². The van der Waals surface area contributed by atoms with E-state index in [2.05, 4.69) is 19.8 Å². The fourth-order valence-corrected chi connectivity index (χ4v) is 1.84. The molecule has 1 aromatic rings. The molecule has 5 heteroatoms. The highest BCUT2D eigenvalue weighted by molar-refractivity contribution is 5.35. The van der Waals surface area contributed by atoms with Crippen LogP contribution in [0, 0.1) is 0 Å². The molecule has 1 saturated heterocycles. The normalized spacial score (nSPS) is 18.1. The first-order chi connectivity index (χ1) is 7.40. The molecule has 2 heterocycles. The van der Waals surface area contributed by atoms with Gasteiger partial charge < -0.3 is 10.6 Å². The molecule has 5 nitrogen and oxygen atoms in total. The van der Waals surface area contributed by atoms with Crippen LogP contribution in [-0.2, 0) is 0 Å². The van der Waals surface area contributed by atoms with E-state index < -0.39 is 0 Å². The van der Waals surface area contributed by atoms with Gasteiger partial charge in [0.05, 0.1) is 6.20 Å². The molecule has 0 radical (unpaired) electrons. The minimum absolute atomic E-state index is 0.741. The van der Waals surface area contributed by atoms with E-state index in [1.165, 1.54) is 0 Å². The number of nitrogens with zero attached hydrogens (tertiary/aromatic N) is 4. The molecule has 0 saturated carbocycles. The summed E-state index contributed by atoms with van der Waals surface area (Å²) < 4.78 is 0. The van der Waals surface area contributed by atoms with Crippen LogP contribution in [0.1, 0.15) is 0 Å². The average Bonchev–Trinajstić information content (AvgIpc) is 2.32. The molecule has 0 atom stereocenters. The van der Waals surface area contributed by atoms with Crippen LogP contribution in [0.5, 0.6) is 0 Å². The van der Waals surface area contributed by atoms with Gasteiger partial charge in [-0.1, -0.05) is 0 Å². The van der Waals surface area contributed by atoms with E-state index >= 15 is 0 Å². The van der Waals surface area contributed by atoms with Crippen molar-refractivity contribution in [3.05, 3.63) is 18.6 Å². The SMILES string of the molecule is NCCN1CCN(c2cnccn2)CC1. The summed E-state index contributed by atoms with van der Waals surface area (Å²) >= 11 is 0. The highest BCUT2D eigenvalue weighted by Gasteiger charge is 2.16. The number of rotatable bonds is 3. The maximum absolute atomic E-state index is 5.53. The lowest BCUT2D eigenvalue weighted by atomic mass is 10.3. The van der Waals surface area contributed by atoms with Crippen molar-refractivity contribution in [2.75, 3.05) is 44.2 Å². The van der Waals surface area contributed by atoms with Gasteiger partial charge in [0.2, 0.25) is 0 Å². The zero-order chi connectivity index (χ0) is 10.5. The van der Waals surface area contributed by atoms with E-state index in [1.807, 2.05) is 6.20 Å². The van der Waals surface area contributed by atoms with Crippen molar-refractivity contribution >= 4 is 5.82 Å². The molecule has 0 aromatic carbocycles. The molecule has 82 valence electrons. The summed E-state index contributed by atoms with van der Waals surface area (Å²) in [6, 6.07) is 0. The van der Waals surface area contributed by atoms with Gasteiger partial charge >= 0.3 is 0 Å². The van der Waals surface area contributed by atoms with Gasteiger partial charge in [-0.15, -0.1) is 0 Å². The molecule has 1 aromatic heterocycles. The third kappa shape index (κ3) is 2.64. The van der Waals surface area contributed by atoms with E-state index in [0.717, 1.165) is 45.1 Å². The van der Waals surface area contributed by atoms with Gasteiger partial charge in [0.1, 0.15) is 5.82 Å². The highest BCUT2D eigenvalue weighted by atomic mass is 15.3. The largest absolute Gasteiger partial charge is 0.353 e. The molecule has 1 aliphatic heterocycles. The Balaban J connectivity index is 1.88. The second-order valence-corrected chi connectivity index (χ2v) is 3.68. The molecule has 15 heavy (non-hydrogen) atoms. The number of hydrogen-bond donors (Lipinski definition) is 1. The summed E-state index contributed by atoms with van der Waals surface area (Å²) in [5, 5.41) is 0. The van der Waals surface area contributed by atoms with Crippen molar-refractivity contribution in [1.82, 2.24) is 14.9 Å². The molecule has 0 bridgehead atoms. The fourth-order valence-electron chi connectivity index (χ4n) is 1.84. The number of aromatic nitrogens is 2. The van der Waals surface area contributed by atoms with Crippen molar-refractivity contribution < 1.29 is 0 Å². The van der Waals surface area contributed by atoms with E-state index in [4.69, 9.17) is 5.73 Å². The zero-order valence-corrected chi connectivity index (χ0v) is 8.84. The smallest absolute Gasteiger partial charge is 0.147 e. The van der Waals surface area contributed by atoms with E-state index in [1.54, 1.807) is 12.4 Å². The topological polar surface area (TPSA) is 58.3 Å². The van der Waals surface area contributed by atoms with E-state index in [0.29, 0.717) is 0 Å². The van der Waals surface area contributed by atoms with Crippen LogP contribution in [0.3, 0.4) is 0 Å². The van der Waals surface area contributed by atoms with Crippen LogP contribution in [0.4, 0.5) is 5.82 Å². The van der Waals surface area contributed by atoms with E-state index in [-0.39, 0.29) is 0 Å². The van der Waals surface area contributed by atoms with E-state index in [9.17, 15) is 0 Å². The molecule has 1 aliphatic rings. The maximum atomic E-state index is 5.53. The minimum Gasteiger partial charge on any atom is -0.353 e.